The number of hydrogen-bond donors (Lipinski definition) is 1. The van der Waals surface area contributed by atoms with Gasteiger partial charge in [-0.2, -0.15) is 0 Å². The van der Waals surface area contributed by atoms with E-state index in [1.165, 1.54) is 11.1 Å². The highest BCUT2D eigenvalue weighted by Crippen LogP contribution is 2.25. The van der Waals surface area contributed by atoms with E-state index in [4.69, 9.17) is 0 Å². The molecule has 0 aromatic heterocycles. The Morgan fingerprint density at radius 3 is 2.30 bits per heavy atom. The Balaban J connectivity index is 1.26. The Hall–Kier alpha value is -2.37. The van der Waals surface area contributed by atoms with E-state index in [2.05, 4.69) is 76.8 Å². The molecule has 2 saturated heterocycles. The van der Waals surface area contributed by atoms with Gasteiger partial charge in [-0.3, -0.25) is 4.90 Å². The number of benzene rings is 2. The lowest BCUT2D eigenvalue weighted by atomic mass is 9.96. The Labute approximate surface area is 180 Å². The lowest BCUT2D eigenvalue weighted by Crippen LogP contribution is -2.53. The first kappa shape index (κ1) is 20.9. The third kappa shape index (κ3) is 5.41. The molecule has 5 nitrogen and oxygen atoms in total. The molecule has 5 heteroatoms. The van der Waals surface area contributed by atoms with Crippen molar-refractivity contribution in [2.24, 2.45) is 5.92 Å². The Bertz CT molecular complexity index is 789. The summed E-state index contributed by atoms with van der Waals surface area (Å²) in [5.74, 6) is 0.573. The molecule has 0 radical (unpaired) electrons. The summed E-state index contributed by atoms with van der Waals surface area (Å²) in [6, 6.07) is 21.3. The molecule has 0 aliphatic carbocycles. The molecule has 1 atom stereocenters. The lowest BCUT2D eigenvalue weighted by molar-refractivity contribution is 0.106. The minimum Gasteiger partial charge on any atom is -0.338 e. The van der Waals surface area contributed by atoms with Gasteiger partial charge in [-0.05, 0) is 50.0 Å². The van der Waals surface area contributed by atoms with Gasteiger partial charge in [0.1, 0.15) is 0 Å². The monoisotopic (exact) mass is 406 g/mol. The zero-order valence-corrected chi connectivity index (χ0v) is 18.0. The van der Waals surface area contributed by atoms with Crippen molar-refractivity contribution < 1.29 is 4.79 Å². The van der Waals surface area contributed by atoms with E-state index < -0.39 is 0 Å². The van der Waals surface area contributed by atoms with Gasteiger partial charge in [0, 0.05) is 32.7 Å². The van der Waals surface area contributed by atoms with Gasteiger partial charge in [0.15, 0.2) is 0 Å². The summed E-state index contributed by atoms with van der Waals surface area (Å²) >= 11 is 0. The second-order valence-corrected chi connectivity index (χ2v) is 8.77. The number of hydrogen-bond acceptors (Lipinski definition) is 3. The summed E-state index contributed by atoms with van der Waals surface area (Å²) < 4.78 is 0. The molecule has 2 heterocycles. The number of piperazine rings is 1. The van der Waals surface area contributed by atoms with E-state index in [1.807, 2.05) is 11.0 Å². The molecule has 30 heavy (non-hydrogen) atoms. The van der Waals surface area contributed by atoms with E-state index in [0.717, 1.165) is 58.7 Å². The standard InChI is InChI=1S/C25H34N4O/c1-27-16-17-29(24(20-27)23-10-6-3-7-11-23)25(30)26-18-21-12-14-28(15-13-21)19-22-8-4-2-5-9-22/h2-11,21,24H,12-20H2,1H3,(H,26,30). The molecular weight excluding hydrogens is 372 g/mol. The van der Waals surface area contributed by atoms with Crippen LogP contribution in [0.5, 0.6) is 0 Å². The first-order valence-corrected chi connectivity index (χ1v) is 11.2. The van der Waals surface area contributed by atoms with Gasteiger partial charge in [0.05, 0.1) is 6.04 Å². The van der Waals surface area contributed by atoms with Crippen molar-refractivity contribution in [3.05, 3.63) is 71.8 Å². The maximum absolute atomic E-state index is 13.0. The van der Waals surface area contributed by atoms with Crippen LogP contribution in [0.4, 0.5) is 4.79 Å². The van der Waals surface area contributed by atoms with Crippen molar-refractivity contribution in [3.8, 4) is 0 Å². The zero-order chi connectivity index (χ0) is 20.8. The smallest absolute Gasteiger partial charge is 0.318 e. The van der Waals surface area contributed by atoms with Crippen molar-refractivity contribution in [2.75, 3.05) is 46.3 Å². The second kappa shape index (κ2) is 10.1. The van der Waals surface area contributed by atoms with E-state index in [0.29, 0.717) is 5.92 Å². The molecular formula is C25H34N4O. The van der Waals surface area contributed by atoms with Gasteiger partial charge in [-0.25, -0.2) is 4.79 Å². The Morgan fingerprint density at radius 1 is 0.933 bits per heavy atom. The normalized spacial score (nSPS) is 21.5. The van der Waals surface area contributed by atoms with Gasteiger partial charge in [0.25, 0.3) is 0 Å². The molecule has 4 rings (SSSR count). The van der Waals surface area contributed by atoms with Crippen LogP contribution in [-0.4, -0.2) is 67.0 Å². The predicted octanol–water partition coefficient (Wildman–Crippen LogP) is 3.60. The minimum atomic E-state index is 0.0867. The summed E-state index contributed by atoms with van der Waals surface area (Å²) in [5.41, 5.74) is 2.60. The van der Waals surface area contributed by atoms with E-state index in [-0.39, 0.29) is 12.1 Å². The summed E-state index contributed by atoms with van der Waals surface area (Å²) in [6.45, 7) is 6.61. The zero-order valence-electron chi connectivity index (χ0n) is 18.0. The highest BCUT2D eigenvalue weighted by atomic mass is 16.2. The number of carbonyl (C=O) groups excluding carboxylic acids is 1. The molecule has 0 bridgehead atoms. The SMILES string of the molecule is CN1CCN(C(=O)NCC2CCN(Cc3ccccc3)CC2)C(c2ccccc2)C1. The van der Waals surface area contributed by atoms with Gasteiger partial charge >= 0.3 is 6.03 Å². The lowest BCUT2D eigenvalue weighted by Gasteiger charge is -2.40. The summed E-state index contributed by atoms with van der Waals surface area (Å²) in [7, 11) is 2.13. The molecule has 160 valence electrons. The number of nitrogens with one attached hydrogen (secondary N) is 1. The van der Waals surface area contributed by atoms with Gasteiger partial charge < -0.3 is 15.1 Å². The molecule has 0 saturated carbocycles. The van der Waals surface area contributed by atoms with E-state index in [1.54, 1.807) is 0 Å². The number of amides is 2. The van der Waals surface area contributed by atoms with Crippen LogP contribution in [0.2, 0.25) is 0 Å². The topological polar surface area (TPSA) is 38.8 Å². The van der Waals surface area contributed by atoms with Crippen LogP contribution in [0.3, 0.4) is 0 Å². The molecule has 2 aromatic rings. The predicted molar refractivity (Wildman–Crippen MR) is 121 cm³/mol. The Kier molecular flexibility index (Phi) is 7.03. The van der Waals surface area contributed by atoms with E-state index in [9.17, 15) is 4.79 Å². The van der Waals surface area contributed by atoms with Crippen LogP contribution >= 0.6 is 0 Å². The first-order chi connectivity index (χ1) is 14.7. The molecule has 2 amide bonds. The fraction of sp³-hybridized carbons (Fsp3) is 0.480. The summed E-state index contributed by atoms with van der Waals surface area (Å²) in [6.07, 6.45) is 2.30. The van der Waals surface area contributed by atoms with E-state index >= 15 is 0 Å². The number of rotatable bonds is 5. The summed E-state index contributed by atoms with van der Waals surface area (Å²) in [5, 5.41) is 3.25. The van der Waals surface area contributed by atoms with Crippen molar-refractivity contribution in [2.45, 2.75) is 25.4 Å². The van der Waals surface area contributed by atoms with Crippen molar-refractivity contribution in [1.82, 2.24) is 20.0 Å². The highest BCUT2D eigenvalue weighted by molar-refractivity contribution is 5.75. The van der Waals surface area contributed by atoms with Gasteiger partial charge in [-0.1, -0.05) is 60.7 Å². The third-order valence-corrected chi connectivity index (χ3v) is 6.53. The average molecular weight is 407 g/mol. The highest BCUT2D eigenvalue weighted by Gasteiger charge is 2.30. The minimum absolute atomic E-state index is 0.0867. The van der Waals surface area contributed by atoms with Crippen LogP contribution in [-0.2, 0) is 6.54 Å². The number of nitrogens with zero attached hydrogens (tertiary/aromatic N) is 3. The molecule has 1 N–H and O–H groups in total. The number of urea groups is 1. The average Bonchev–Trinajstić information content (AvgIpc) is 2.79. The second-order valence-electron chi connectivity index (χ2n) is 8.77. The number of likely N-dealkylation sites (tertiary alicyclic amines) is 1. The van der Waals surface area contributed by atoms with Gasteiger partial charge in [0.2, 0.25) is 0 Å². The number of piperidine rings is 1. The maximum atomic E-state index is 13.0. The molecule has 2 aliphatic rings. The molecule has 0 spiro atoms. The summed E-state index contributed by atoms with van der Waals surface area (Å²) in [4.78, 5) is 19.9. The van der Waals surface area contributed by atoms with Crippen molar-refractivity contribution >= 4 is 6.03 Å². The molecule has 2 aliphatic heterocycles. The number of carbonyl (C=O) groups is 1. The molecule has 2 fully saturated rings. The van der Waals surface area contributed by atoms with Gasteiger partial charge in [-0.15, -0.1) is 0 Å². The largest absolute Gasteiger partial charge is 0.338 e. The van der Waals surface area contributed by atoms with Crippen LogP contribution in [0.15, 0.2) is 60.7 Å². The fourth-order valence-electron chi connectivity index (χ4n) is 4.65. The number of likely N-dealkylation sites (N-methyl/N-ethyl adjacent to an activating group) is 1. The maximum Gasteiger partial charge on any atom is 0.318 e. The van der Waals surface area contributed by atoms with Crippen LogP contribution < -0.4 is 5.32 Å². The van der Waals surface area contributed by atoms with Crippen molar-refractivity contribution in [1.29, 1.82) is 0 Å². The fourth-order valence-corrected chi connectivity index (χ4v) is 4.65. The molecule has 2 aromatic carbocycles. The van der Waals surface area contributed by atoms with Crippen LogP contribution in [0.1, 0.15) is 30.0 Å². The Morgan fingerprint density at radius 2 is 1.60 bits per heavy atom. The van der Waals surface area contributed by atoms with Crippen molar-refractivity contribution in [3.63, 3.8) is 0 Å². The third-order valence-electron chi connectivity index (χ3n) is 6.53. The van der Waals surface area contributed by atoms with Crippen LogP contribution in [0, 0.1) is 5.92 Å². The van der Waals surface area contributed by atoms with Crippen LogP contribution in [0.25, 0.3) is 0 Å². The molecule has 1 unspecified atom stereocenters. The first-order valence-electron chi connectivity index (χ1n) is 11.2. The quantitative estimate of drug-likeness (QED) is 0.825.